The van der Waals surface area contributed by atoms with E-state index in [4.69, 9.17) is 10.5 Å². The van der Waals surface area contributed by atoms with E-state index in [0.717, 1.165) is 0 Å². The Kier molecular flexibility index (Phi) is 4.23. The lowest BCUT2D eigenvalue weighted by molar-refractivity contribution is -0.0658. The molecule has 0 radical (unpaired) electrons. The number of rotatable bonds is 2. The highest BCUT2D eigenvalue weighted by Gasteiger charge is 2.57. The van der Waals surface area contributed by atoms with Gasteiger partial charge in [0.2, 0.25) is 12.1 Å². The molecule has 0 saturated carbocycles. The fourth-order valence-corrected chi connectivity index (χ4v) is 3.69. The minimum Gasteiger partial charge on any atom is -0.452 e. The van der Waals surface area contributed by atoms with Crippen molar-refractivity contribution >= 4 is 11.4 Å². The van der Waals surface area contributed by atoms with Crippen molar-refractivity contribution in [3.05, 3.63) is 77.7 Å². The summed E-state index contributed by atoms with van der Waals surface area (Å²) >= 11 is 0. The van der Waals surface area contributed by atoms with Gasteiger partial charge < -0.3 is 10.5 Å². The van der Waals surface area contributed by atoms with Gasteiger partial charge in [-0.15, -0.1) is 0 Å². The van der Waals surface area contributed by atoms with Gasteiger partial charge in [0.25, 0.3) is 0 Å². The average molecular weight is 384 g/mol. The molecular formula is C20H15F3N4O. The van der Waals surface area contributed by atoms with Gasteiger partial charge in [0.15, 0.2) is 5.71 Å². The first kappa shape index (κ1) is 17.9. The van der Waals surface area contributed by atoms with Crippen molar-refractivity contribution in [3.63, 3.8) is 0 Å². The van der Waals surface area contributed by atoms with E-state index < -0.39 is 30.0 Å². The van der Waals surface area contributed by atoms with E-state index in [2.05, 4.69) is 5.10 Å². The lowest BCUT2D eigenvalue weighted by Crippen LogP contribution is -2.46. The van der Waals surface area contributed by atoms with Gasteiger partial charge in [-0.1, -0.05) is 48.5 Å². The number of nitrogens with zero attached hydrogens (tertiary/aromatic N) is 3. The summed E-state index contributed by atoms with van der Waals surface area (Å²) in [6.45, 7) is 0. The summed E-state index contributed by atoms with van der Waals surface area (Å²) < 4.78 is 47.3. The minimum atomic E-state index is -4.69. The van der Waals surface area contributed by atoms with Crippen LogP contribution in [0.15, 0.2) is 77.2 Å². The first-order valence-electron chi connectivity index (χ1n) is 8.53. The summed E-state index contributed by atoms with van der Waals surface area (Å²) in [5.41, 5.74) is 5.92. The Bertz CT molecular complexity index is 980. The van der Waals surface area contributed by atoms with E-state index in [1.165, 1.54) is 5.01 Å². The second kappa shape index (κ2) is 6.60. The van der Waals surface area contributed by atoms with Crippen LogP contribution < -0.4 is 10.7 Å². The second-order valence-electron chi connectivity index (χ2n) is 6.48. The van der Waals surface area contributed by atoms with Crippen LogP contribution in [0.3, 0.4) is 0 Å². The van der Waals surface area contributed by atoms with E-state index in [0.29, 0.717) is 11.3 Å². The second-order valence-corrected chi connectivity index (χ2v) is 6.48. The summed E-state index contributed by atoms with van der Waals surface area (Å²) in [5.74, 6) is -2.33. The van der Waals surface area contributed by atoms with Crippen LogP contribution in [0.4, 0.5) is 18.9 Å². The molecule has 0 spiro atoms. The Balaban J connectivity index is 1.90. The average Bonchev–Trinajstić information content (AvgIpc) is 3.07. The topological polar surface area (TPSA) is 74.6 Å². The number of allylic oxidation sites excluding steroid dienone is 1. The summed E-state index contributed by atoms with van der Waals surface area (Å²) in [6, 6.07) is 18.9. The van der Waals surface area contributed by atoms with Crippen molar-refractivity contribution in [2.24, 2.45) is 16.8 Å². The summed E-state index contributed by atoms with van der Waals surface area (Å²) in [7, 11) is 0. The van der Waals surface area contributed by atoms with Crippen LogP contribution in [0.2, 0.25) is 0 Å². The molecule has 0 amide bonds. The van der Waals surface area contributed by atoms with Crippen molar-refractivity contribution in [3.8, 4) is 6.07 Å². The predicted molar refractivity (Wildman–Crippen MR) is 96.8 cm³/mol. The monoisotopic (exact) mass is 384 g/mol. The zero-order valence-corrected chi connectivity index (χ0v) is 14.5. The van der Waals surface area contributed by atoms with Crippen LogP contribution in [-0.2, 0) is 4.74 Å². The molecule has 2 aliphatic rings. The Hall–Kier alpha value is -3.47. The molecule has 28 heavy (non-hydrogen) atoms. The van der Waals surface area contributed by atoms with Crippen LogP contribution in [0, 0.1) is 17.2 Å². The van der Waals surface area contributed by atoms with E-state index in [1.54, 1.807) is 60.7 Å². The van der Waals surface area contributed by atoms with E-state index in [-0.39, 0.29) is 11.5 Å². The molecule has 0 saturated heterocycles. The Morgan fingerprint density at radius 3 is 2.21 bits per heavy atom. The lowest BCUT2D eigenvalue weighted by atomic mass is 9.76. The molecule has 0 bridgehead atoms. The highest BCUT2D eigenvalue weighted by molar-refractivity contribution is 5.96. The molecule has 0 aromatic heterocycles. The normalized spacial score (nSPS) is 24.3. The molecule has 8 heteroatoms. The van der Waals surface area contributed by atoms with E-state index >= 15 is 0 Å². The van der Waals surface area contributed by atoms with Gasteiger partial charge in [-0.05, 0) is 17.7 Å². The number of hydrogen-bond donors (Lipinski definition) is 1. The number of nitrogens with two attached hydrogens (primary N) is 1. The Morgan fingerprint density at radius 2 is 1.64 bits per heavy atom. The minimum absolute atomic E-state index is 0.0284. The Labute approximate surface area is 159 Å². The van der Waals surface area contributed by atoms with Crippen LogP contribution in [0.5, 0.6) is 0 Å². The Morgan fingerprint density at radius 1 is 1.04 bits per heavy atom. The molecule has 2 heterocycles. The molecule has 4 rings (SSSR count). The fourth-order valence-electron chi connectivity index (χ4n) is 3.69. The van der Waals surface area contributed by atoms with Gasteiger partial charge in [-0.2, -0.15) is 23.5 Å². The summed E-state index contributed by atoms with van der Waals surface area (Å²) in [4.78, 5) is 0. The number of anilines is 1. The predicted octanol–water partition coefficient (Wildman–Crippen LogP) is 3.88. The van der Waals surface area contributed by atoms with Gasteiger partial charge in [-0.3, -0.25) is 0 Å². The molecule has 0 unspecified atom stereocenters. The maximum Gasteiger partial charge on any atom is 0.431 e. The number of hydrazone groups is 1. The van der Waals surface area contributed by atoms with Crippen LogP contribution in [0.25, 0.3) is 0 Å². The molecule has 2 N–H and O–H groups in total. The third-order valence-corrected chi connectivity index (χ3v) is 4.85. The number of halogens is 3. The molecule has 5 nitrogen and oxygen atoms in total. The van der Waals surface area contributed by atoms with Crippen molar-refractivity contribution < 1.29 is 17.9 Å². The molecule has 0 aliphatic carbocycles. The van der Waals surface area contributed by atoms with Crippen LogP contribution >= 0.6 is 0 Å². The molecule has 142 valence electrons. The molecule has 2 aliphatic heterocycles. The van der Waals surface area contributed by atoms with Crippen molar-refractivity contribution in [1.29, 1.82) is 5.26 Å². The standard InChI is InChI=1S/C20H15F3N4O/c21-20(22,23)17-16-15(12-7-3-1-4-8-12)14(11-24)18(25)28-19(16)27(26-17)13-9-5-2-6-10-13/h1-10,15-16,19H,25H2/t15-,16-,19+/m0/s1. The first-order valence-corrected chi connectivity index (χ1v) is 8.53. The van der Waals surface area contributed by atoms with E-state index in [9.17, 15) is 18.4 Å². The van der Waals surface area contributed by atoms with Crippen molar-refractivity contribution in [1.82, 2.24) is 0 Å². The van der Waals surface area contributed by atoms with Gasteiger partial charge >= 0.3 is 6.18 Å². The summed E-state index contributed by atoms with van der Waals surface area (Å²) in [6.07, 6.45) is -5.79. The van der Waals surface area contributed by atoms with E-state index in [1.807, 2.05) is 6.07 Å². The number of ether oxygens (including phenoxy) is 1. The molecule has 0 fully saturated rings. The van der Waals surface area contributed by atoms with Crippen molar-refractivity contribution in [2.45, 2.75) is 18.3 Å². The smallest absolute Gasteiger partial charge is 0.431 e. The maximum atomic E-state index is 13.9. The lowest BCUT2D eigenvalue weighted by Gasteiger charge is -2.37. The van der Waals surface area contributed by atoms with Gasteiger partial charge in [0.05, 0.1) is 17.2 Å². The number of nitriles is 1. The SMILES string of the molecule is N#CC1=C(N)O[C@@H]2[C@H](C(C(F)(F)F)=NN2c2ccccc2)[C@H]1c1ccccc1. The number of alkyl halides is 3. The summed E-state index contributed by atoms with van der Waals surface area (Å²) in [5, 5.41) is 14.6. The molecule has 2 aromatic rings. The van der Waals surface area contributed by atoms with Crippen LogP contribution in [0.1, 0.15) is 11.5 Å². The zero-order chi connectivity index (χ0) is 19.9. The molecule has 3 atom stereocenters. The van der Waals surface area contributed by atoms with Gasteiger partial charge in [-0.25, -0.2) is 5.01 Å². The third-order valence-electron chi connectivity index (χ3n) is 4.85. The zero-order valence-electron chi connectivity index (χ0n) is 14.5. The quantitative estimate of drug-likeness (QED) is 0.853. The van der Waals surface area contributed by atoms with Crippen molar-refractivity contribution in [2.75, 3.05) is 5.01 Å². The number of fused-ring (bicyclic) bond motifs is 1. The number of para-hydroxylation sites is 1. The third kappa shape index (κ3) is 2.85. The highest BCUT2D eigenvalue weighted by atomic mass is 19.4. The first-order chi connectivity index (χ1) is 13.4. The maximum absolute atomic E-state index is 13.9. The largest absolute Gasteiger partial charge is 0.452 e. The molecular weight excluding hydrogens is 369 g/mol. The fraction of sp³-hybridized carbons (Fsp3) is 0.200. The van der Waals surface area contributed by atoms with Crippen LogP contribution in [-0.4, -0.2) is 18.1 Å². The number of hydrogen-bond acceptors (Lipinski definition) is 5. The van der Waals surface area contributed by atoms with Gasteiger partial charge in [0.1, 0.15) is 6.07 Å². The molecule has 2 aromatic carbocycles. The number of benzene rings is 2. The highest BCUT2D eigenvalue weighted by Crippen LogP contribution is 2.48. The van der Waals surface area contributed by atoms with Gasteiger partial charge in [0, 0.05) is 5.92 Å².